The molecule has 4 aromatic rings. The highest BCUT2D eigenvalue weighted by Gasteiger charge is 2.57. The van der Waals surface area contributed by atoms with Gasteiger partial charge in [0.05, 0.1) is 31.7 Å². The number of anilines is 2. The lowest BCUT2D eigenvalue weighted by Crippen LogP contribution is -2.44. The molecule has 1 spiro atoms. The van der Waals surface area contributed by atoms with Crippen molar-refractivity contribution in [3.8, 4) is 17.2 Å². The summed E-state index contributed by atoms with van der Waals surface area (Å²) in [6.07, 6.45) is 3.04. The van der Waals surface area contributed by atoms with E-state index in [2.05, 4.69) is 10.1 Å². The molecule has 2 aliphatic rings. The first kappa shape index (κ1) is 27.0. The van der Waals surface area contributed by atoms with Gasteiger partial charge in [-0.2, -0.15) is 5.10 Å². The zero-order valence-corrected chi connectivity index (χ0v) is 22.6. The van der Waals surface area contributed by atoms with E-state index in [1.807, 2.05) is 42.5 Å². The van der Waals surface area contributed by atoms with Gasteiger partial charge < -0.3 is 30.8 Å². The molecule has 0 aliphatic carbocycles. The van der Waals surface area contributed by atoms with Crippen LogP contribution in [-0.4, -0.2) is 54.9 Å². The molecule has 0 saturated heterocycles. The molecule has 0 radical (unpaired) electrons. The van der Waals surface area contributed by atoms with Gasteiger partial charge in [-0.3, -0.25) is 9.79 Å². The van der Waals surface area contributed by atoms with Crippen LogP contribution in [0.5, 0.6) is 17.2 Å². The number of aliphatic hydroxyl groups excluding tert-OH is 1. The highest BCUT2D eigenvalue weighted by Crippen LogP contribution is 2.57. The van der Waals surface area contributed by atoms with Crippen molar-refractivity contribution in [2.75, 3.05) is 37.9 Å². The number of hydrogen-bond donors (Lipinski definition) is 3. The molecule has 6 rings (SSSR count). The monoisotopic (exact) mass is 563 g/mol. The second kappa shape index (κ2) is 11.4. The summed E-state index contributed by atoms with van der Waals surface area (Å²) < 4.78 is 17.1. The Bertz CT molecular complexity index is 1630. The molecule has 2 heterocycles. The second-order valence-electron chi connectivity index (χ2n) is 9.71. The molecule has 10 heteroatoms. The van der Waals surface area contributed by atoms with Crippen molar-refractivity contribution >= 4 is 35.4 Å². The average molecular weight is 564 g/mol. The van der Waals surface area contributed by atoms with E-state index in [1.54, 1.807) is 42.5 Å². The Hall–Kier alpha value is -5.19. The number of fused-ring (bicyclic) bond motifs is 6. The van der Waals surface area contributed by atoms with Gasteiger partial charge in [-0.15, -0.1) is 0 Å². The number of hydrogen-bond acceptors (Lipinski definition) is 9. The van der Waals surface area contributed by atoms with Crippen LogP contribution in [-0.2, 0) is 10.3 Å². The van der Waals surface area contributed by atoms with Crippen molar-refractivity contribution in [1.29, 1.82) is 0 Å². The summed E-state index contributed by atoms with van der Waals surface area (Å²) in [6.45, 7) is 1.03. The number of carbonyl (C=O) groups excluding carboxylic acids is 1. The summed E-state index contributed by atoms with van der Waals surface area (Å²) in [5.41, 5.74) is 15.7. The Balaban J connectivity index is 1.33. The number of nitrogens with two attached hydrogens (primary N) is 2. The van der Waals surface area contributed by atoms with Crippen LogP contribution in [0.3, 0.4) is 0 Å². The second-order valence-corrected chi connectivity index (χ2v) is 9.71. The minimum atomic E-state index is -1.11. The van der Waals surface area contributed by atoms with Crippen molar-refractivity contribution in [3.05, 3.63) is 107 Å². The maximum absolute atomic E-state index is 13.9. The number of nitrogens with zero attached hydrogens (tertiary/aromatic N) is 3. The molecule has 5 N–H and O–H groups in total. The Labute approximate surface area is 242 Å². The first-order valence-electron chi connectivity index (χ1n) is 13.4. The number of aliphatic hydroxyl groups is 1. The lowest BCUT2D eigenvalue weighted by atomic mass is 9.75. The Morgan fingerprint density at radius 2 is 1.52 bits per heavy atom. The molecular weight excluding hydrogens is 534 g/mol. The molecule has 0 saturated carbocycles. The van der Waals surface area contributed by atoms with Gasteiger partial charge >= 0.3 is 0 Å². The molecule has 0 atom stereocenters. The third-order valence-corrected chi connectivity index (χ3v) is 7.11. The number of amides is 1. The van der Waals surface area contributed by atoms with E-state index in [4.69, 9.17) is 30.8 Å². The molecule has 42 heavy (non-hydrogen) atoms. The molecule has 4 aromatic carbocycles. The quantitative estimate of drug-likeness (QED) is 0.155. The van der Waals surface area contributed by atoms with Crippen LogP contribution >= 0.6 is 0 Å². The van der Waals surface area contributed by atoms with E-state index < -0.39 is 5.54 Å². The number of nitrogen functional groups attached to an aromatic ring is 2. The van der Waals surface area contributed by atoms with Crippen molar-refractivity contribution in [2.24, 2.45) is 10.1 Å². The Morgan fingerprint density at radius 1 is 0.833 bits per heavy atom. The van der Waals surface area contributed by atoms with E-state index >= 15 is 0 Å². The highest BCUT2D eigenvalue weighted by atomic mass is 16.5. The van der Waals surface area contributed by atoms with Gasteiger partial charge in [-0.25, -0.2) is 5.01 Å². The average Bonchev–Trinajstić information content (AvgIpc) is 3.23. The lowest BCUT2D eigenvalue weighted by molar-refractivity contribution is 0.0675. The smallest absolute Gasteiger partial charge is 0.275 e. The summed E-state index contributed by atoms with van der Waals surface area (Å²) in [7, 11) is 0. The predicted molar refractivity (Wildman–Crippen MR) is 161 cm³/mol. The summed E-state index contributed by atoms with van der Waals surface area (Å²) in [6, 6.07) is 25.5. The number of carbonyl (C=O) groups is 1. The molecule has 0 unspecified atom stereocenters. The van der Waals surface area contributed by atoms with Crippen molar-refractivity contribution in [2.45, 2.75) is 5.54 Å². The highest BCUT2D eigenvalue weighted by molar-refractivity contribution is 6.17. The lowest BCUT2D eigenvalue weighted by Gasteiger charge is -2.41. The zero-order valence-electron chi connectivity index (χ0n) is 22.6. The maximum atomic E-state index is 13.9. The molecule has 0 fully saturated rings. The van der Waals surface area contributed by atoms with Crippen LogP contribution in [0.1, 0.15) is 27.0 Å². The first-order chi connectivity index (χ1) is 20.5. The van der Waals surface area contributed by atoms with E-state index in [9.17, 15) is 4.79 Å². The van der Waals surface area contributed by atoms with Crippen LogP contribution in [0, 0.1) is 0 Å². The SMILES string of the molecule is Nc1ccc2c(c1)Oc1cc(N)ccc1C21c2ccccc2C(=O)N1N=CC=Nc1ccc(OCCOCCO)cc1. The van der Waals surface area contributed by atoms with Crippen LogP contribution in [0.4, 0.5) is 17.1 Å². The minimum absolute atomic E-state index is 0.0188. The van der Waals surface area contributed by atoms with Crippen molar-refractivity contribution in [3.63, 3.8) is 0 Å². The standard InChI is InChI=1S/C32H29N5O5/c33-21-5-11-27-29(19-21)42-30-20-22(34)6-12-28(30)32(27)26-4-2-1-3-25(26)31(39)37(32)36-14-13-35-23-7-9-24(10-8-23)41-18-17-40-16-15-38/h1-14,19-20,38H,15-18,33-34H2. The maximum Gasteiger partial charge on any atom is 0.275 e. The summed E-state index contributed by atoms with van der Waals surface area (Å²) in [4.78, 5) is 18.4. The van der Waals surface area contributed by atoms with Gasteiger partial charge in [0.25, 0.3) is 5.91 Å². The fraction of sp³-hybridized carbons (Fsp3) is 0.156. The van der Waals surface area contributed by atoms with E-state index in [1.165, 1.54) is 17.4 Å². The van der Waals surface area contributed by atoms with Gasteiger partial charge in [-0.05, 0) is 42.5 Å². The number of rotatable bonds is 9. The summed E-state index contributed by atoms with van der Waals surface area (Å²) in [5, 5.41) is 14.9. The van der Waals surface area contributed by atoms with Gasteiger partial charge in [-0.1, -0.05) is 30.3 Å². The van der Waals surface area contributed by atoms with Crippen LogP contribution in [0.2, 0.25) is 0 Å². The summed E-state index contributed by atoms with van der Waals surface area (Å²) >= 11 is 0. The Morgan fingerprint density at radius 3 is 2.21 bits per heavy atom. The van der Waals surface area contributed by atoms with Gasteiger partial charge in [0.15, 0.2) is 0 Å². The molecule has 0 aromatic heterocycles. The first-order valence-corrected chi connectivity index (χ1v) is 13.4. The predicted octanol–water partition coefficient (Wildman–Crippen LogP) is 4.48. The molecular formula is C32H29N5O5. The van der Waals surface area contributed by atoms with Crippen LogP contribution in [0.15, 0.2) is 95.0 Å². The molecule has 212 valence electrons. The number of benzene rings is 4. The number of aliphatic imine (C=N–C) groups is 1. The fourth-order valence-corrected chi connectivity index (χ4v) is 5.36. The molecule has 1 amide bonds. The third-order valence-electron chi connectivity index (χ3n) is 7.11. The van der Waals surface area contributed by atoms with Crippen molar-refractivity contribution in [1.82, 2.24) is 5.01 Å². The normalized spacial score (nSPS) is 14.7. The van der Waals surface area contributed by atoms with Crippen LogP contribution in [0.25, 0.3) is 0 Å². The van der Waals surface area contributed by atoms with Crippen molar-refractivity contribution < 1.29 is 24.1 Å². The Kier molecular flexibility index (Phi) is 7.30. The van der Waals surface area contributed by atoms with E-state index in [0.717, 1.165) is 16.7 Å². The van der Waals surface area contributed by atoms with E-state index in [0.29, 0.717) is 53.1 Å². The third kappa shape index (κ3) is 4.72. The summed E-state index contributed by atoms with van der Waals surface area (Å²) in [5.74, 6) is 1.46. The van der Waals surface area contributed by atoms with Crippen LogP contribution < -0.4 is 20.9 Å². The molecule has 10 nitrogen and oxygen atoms in total. The number of hydrazone groups is 1. The minimum Gasteiger partial charge on any atom is -0.491 e. The number of ether oxygens (including phenoxy) is 3. The zero-order chi connectivity index (χ0) is 29.1. The fourth-order valence-electron chi connectivity index (χ4n) is 5.36. The van der Waals surface area contributed by atoms with Gasteiger partial charge in [0, 0.05) is 52.0 Å². The van der Waals surface area contributed by atoms with Gasteiger partial charge in [0.2, 0.25) is 0 Å². The molecule has 2 aliphatic heterocycles. The van der Waals surface area contributed by atoms with E-state index in [-0.39, 0.29) is 19.1 Å². The largest absolute Gasteiger partial charge is 0.491 e. The van der Waals surface area contributed by atoms with Gasteiger partial charge in [0.1, 0.15) is 29.4 Å². The molecule has 0 bridgehead atoms. The topological polar surface area (TPSA) is 145 Å².